The number of H-pyrrole nitrogens is 1. The molecule has 1 amide bonds. The van der Waals surface area contributed by atoms with Crippen LogP contribution in [0.3, 0.4) is 0 Å². The number of ether oxygens (including phenoxy) is 2. The molecule has 12 nitrogen and oxygen atoms in total. The third-order valence-corrected chi connectivity index (χ3v) is 10.6. The Kier molecular flexibility index (Phi) is 8.07. The molecule has 5 heterocycles. The summed E-state index contributed by atoms with van der Waals surface area (Å²) < 4.78 is 12.1. The van der Waals surface area contributed by atoms with Crippen molar-refractivity contribution in [3.8, 4) is 12.1 Å². The number of piperazine rings is 1. The summed E-state index contributed by atoms with van der Waals surface area (Å²) in [5.41, 5.74) is 6.74. The normalized spacial score (nSPS) is 22.5. The van der Waals surface area contributed by atoms with Crippen LogP contribution in [0.25, 0.3) is 10.9 Å². The molecule has 1 aliphatic carbocycles. The number of fused-ring (bicyclic) bond motifs is 2. The van der Waals surface area contributed by atoms with E-state index < -0.39 is 0 Å². The van der Waals surface area contributed by atoms with Crippen LogP contribution in [0.15, 0.2) is 24.9 Å². The van der Waals surface area contributed by atoms with E-state index in [2.05, 4.69) is 57.5 Å². The van der Waals surface area contributed by atoms with Crippen LogP contribution in [0, 0.1) is 25.2 Å². The lowest BCUT2D eigenvalue weighted by atomic mass is 9.99. The topological polar surface area (TPSA) is 127 Å². The lowest BCUT2D eigenvalue weighted by Crippen LogP contribution is -2.55. The van der Waals surface area contributed by atoms with Crippen LogP contribution in [-0.4, -0.2) is 107 Å². The largest absolute Gasteiger partial charge is 0.461 e. The van der Waals surface area contributed by atoms with Gasteiger partial charge in [0.25, 0.3) is 0 Å². The van der Waals surface area contributed by atoms with E-state index in [1.165, 1.54) is 22.9 Å². The molecule has 1 unspecified atom stereocenters. The number of benzene rings is 1. The third-order valence-electron chi connectivity index (χ3n) is 10.6. The van der Waals surface area contributed by atoms with Gasteiger partial charge in [0.15, 0.2) is 0 Å². The highest BCUT2D eigenvalue weighted by Crippen LogP contribution is 2.44. The van der Waals surface area contributed by atoms with Crippen molar-refractivity contribution in [3.63, 3.8) is 0 Å². The molecule has 0 bridgehead atoms. The van der Waals surface area contributed by atoms with Gasteiger partial charge in [0.2, 0.25) is 5.91 Å². The first-order valence-electron chi connectivity index (χ1n) is 16.4. The number of nitriles is 1. The first-order valence-corrected chi connectivity index (χ1v) is 16.4. The highest BCUT2D eigenvalue weighted by atomic mass is 16.5. The van der Waals surface area contributed by atoms with Crippen LogP contribution >= 0.6 is 0 Å². The molecule has 3 aliphatic heterocycles. The Morgan fingerprint density at radius 1 is 1.20 bits per heavy atom. The van der Waals surface area contributed by atoms with Gasteiger partial charge in [0, 0.05) is 57.3 Å². The van der Waals surface area contributed by atoms with Crippen LogP contribution in [0.2, 0.25) is 0 Å². The molecular weight excluding hydrogens is 582 g/mol. The van der Waals surface area contributed by atoms with E-state index in [0.29, 0.717) is 38.8 Å². The molecule has 1 saturated carbocycles. The third kappa shape index (κ3) is 5.45. The van der Waals surface area contributed by atoms with Crippen LogP contribution in [-0.2, 0) is 22.5 Å². The second-order valence-corrected chi connectivity index (χ2v) is 13.2. The van der Waals surface area contributed by atoms with Gasteiger partial charge >= 0.3 is 6.01 Å². The number of nitrogens with one attached hydrogen (secondary N) is 1. The minimum atomic E-state index is -0.248. The van der Waals surface area contributed by atoms with E-state index in [0.717, 1.165) is 73.3 Å². The maximum absolute atomic E-state index is 12.6. The number of nitrogens with zero attached hydrogens (tertiary/aromatic N) is 8. The van der Waals surface area contributed by atoms with E-state index in [4.69, 9.17) is 19.4 Å². The predicted octanol–water partition coefficient (Wildman–Crippen LogP) is 3.28. The average molecular weight is 626 g/mol. The number of likely N-dealkylation sites (tertiary alicyclic amines) is 1. The Bertz CT molecular complexity index is 1690. The molecule has 7 rings (SSSR count). The van der Waals surface area contributed by atoms with Gasteiger partial charge in [-0.1, -0.05) is 6.58 Å². The van der Waals surface area contributed by atoms with E-state index in [9.17, 15) is 10.1 Å². The van der Waals surface area contributed by atoms with Gasteiger partial charge in [-0.2, -0.15) is 20.3 Å². The Balaban J connectivity index is 1.21. The summed E-state index contributed by atoms with van der Waals surface area (Å²) in [6, 6.07) is 4.57. The van der Waals surface area contributed by atoms with Crippen molar-refractivity contribution in [2.24, 2.45) is 0 Å². The van der Waals surface area contributed by atoms with Gasteiger partial charge in [-0.25, -0.2) is 0 Å². The van der Waals surface area contributed by atoms with Gasteiger partial charge in [0.1, 0.15) is 12.4 Å². The van der Waals surface area contributed by atoms with Crippen molar-refractivity contribution >= 4 is 28.3 Å². The smallest absolute Gasteiger partial charge is 0.318 e. The minimum absolute atomic E-state index is 0.0128. The molecule has 2 atom stereocenters. The van der Waals surface area contributed by atoms with Gasteiger partial charge in [-0.05, 0) is 62.8 Å². The van der Waals surface area contributed by atoms with Gasteiger partial charge in [-0.3, -0.25) is 14.8 Å². The molecule has 2 aromatic heterocycles. The molecule has 3 fully saturated rings. The summed E-state index contributed by atoms with van der Waals surface area (Å²) >= 11 is 0. The molecule has 46 heavy (non-hydrogen) atoms. The lowest BCUT2D eigenvalue weighted by Gasteiger charge is -2.42. The number of hydrogen-bond acceptors (Lipinski definition) is 10. The maximum atomic E-state index is 12.6. The second kappa shape index (κ2) is 12.2. The highest BCUT2D eigenvalue weighted by Gasteiger charge is 2.51. The Labute approximate surface area is 270 Å². The molecule has 242 valence electrons. The fourth-order valence-corrected chi connectivity index (χ4v) is 7.60. The number of anilines is 2. The van der Waals surface area contributed by atoms with Crippen molar-refractivity contribution < 1.29 is 14.3 Å². The number of carbonyl (C=O) groups excluding carboxylic acids is 1. The number of hydrogen-bond donors (Lipinski definition) is 1. The van der Waals surface area contributed by atoms with Crippen molar-refractivity contribution in [1.82, 2.24) is 30.0 Å². The van der Waals surface area contributed by atoms with Crippen molar-refractivity contribution in [2.75, 3.05) is 62.8 Å². The standard InChI is InChI=1S/C34H43N9O3/c1-5-30(44)43-15-14-41(18-24(43)6-11-35)32-26-8-12-40(31-23(3)22(2)16-28-27(31)17-36-39-28)20-29(26)37-33(38-32)46-21-34(9-10-34)42-13-7-25(19-42)45-4/h5,16-17,24-25H,1,6-10,12-15,18-21H2,2-4H3,(H,36,39)/t24-,25?/m0/s1. The molecular formula is C34H43N9O3. The van der Waals surface area contributed by atoms with E-state index in [1.54, 1.807) is 12.0 Å². The molecule has 1 N–H and O–H groups in total. The number of amides is 1. The maximum Gasteiger partial charge on any atom is 0.318 e. The molecule has 0 spiro atoms. The fraction of sp³-hybridized carbons (Fsp3) is 0.559. The average Bonchev–Trinajstić information content (AvgIpc) is 3.45. The summed E-state index contributed by atoms with van der Waals surface area (Å²) in [6.45, 7) is 13.5. The van der Waals surface area contributed by atoms with Crippen molar-refractivity contribution in [1.29, 1.82) is 5.26 Å². The highest BCUT2D eigenvalue weighted by molar-refractivity contribution is 5.94. The zero-order valence-corrected chi connectivity index (χ0v) is 27.1. The van der Waals surface area contributed by atoms with Crippen molar-refractivity contribution in [3.05, 3.63) is 47.3 Å². The summed E-state index contributed by atoms with van der Waals surface area (Å²) in [5, 5.41) is 18.2. The van der Waals surface area contributed by atoms with E-state index in [-0.39, 0.29) is 30.0 Å². The summed E-state index contributed by atoms with van der Waals surface area (Å²) in [5.74, 6) is 0.712. The lowest BCUT2D eigenvalue weighted by molar-refractivity contribution is -0.128. The van der Waals surface area contributed by atoms with Crippen LogP contribution in [0.1, 0.15) is 48.1 Å². The van der Waals surface area contributed by atoms with Gasteiger partial charge in [0.05, 0.1) is 59.8 Å². The van der Waals surface area contributed by atoms with E-state index in [1.807, 2.05) is 6.20 Å². The molecule has 4 aliphatic rings. The first kappa shape index (κ1) is 30.4. The van der Waals surface area contributed by atoms with Crippen LogP contribution in [0.4, 0.5) is 11.5 Å². The van der Waals surface area contributed by atoms with Crippen LogP contribution < -0.4 is 14.5 Å². The molecule has 1 aromatic carbocycles. The summed E-state index contributed by atoms with van der Waals surface area (Å²) in [6.07, 6.45) is 7.76. The SMILES string of the molecule is C=CC(=O)N1CCN(c2nc(OCC3(N4CCC(OC)C4)CC3)nc3c2CCN(c2c(C)c(C)cc4[nH]ncc24)C3)C[C@@H]1CC#N. The molecule has 0 radical (unpaired) electrons. The number of aromatic nitrogens is 4. The quantitative estimate of drug-likeness (QED) is 0.354. The van der Waals surface area contributed by atoms with Gasteiger partial charge < -0.3 is 24.2 Å². The van der Waals surface area contributed by atoms with E-state index >= 15 is 0 Å². The van der Waals surface area contributed by atoms with Gasteiger partial charge in [-0.15, -0.1) is 0 Å². The molecule has 2 saturated heterocycles. The predicted molar refractivity (Wildman–Crippen MR) is 175 cm³/mol. The minimum Gasteiger partial charge on any atom is -0.461 e. The molecule has 12 heteroatoms. The molecule has 3 aromatic rings. The first-order chi connectivity index (χ1) is 22.3. The Hall–Kier alpha value is -4.21. The zero-order valence-electron chi connectivity index (χ0n) is 27.1. The zero-order chi connectivity index (χ0) is 32.0. The number of carbonyl (C=O) groups is 1. The van der Waals surface area contributed by atoms with Crippen LogP contribution in [0.5, 0.6) is 6.01 Å². The summed E-state index contributed by atoms with van der Waals surface area (Å²) in [4.78, 5) is 31.7. The number of rotatable bonds is 9. The number of aromatic amines is 1. The fourth-order valence-electron chi connectivity index (χ4n) is 7.60. The van der Waals surface area contributed by atoms with Crippen molar-refractivity contribution in [2.45, 2.75) is 70.2 Å². The monoisotopic (exact) mass is 625 g/mol. The Morgan fingerprint density at radius 2 is 2.04 bits per heavy atom. The summed E-state index contributed by atoms with van der Waals surface area (Å²) in [7, 11) is 1.79. The number of aryl methyl sites for hydroxylation is 1. The number of methoxy groups -OCH3 is 1. The Morgan fingerprint density at radius 3 is 2.78 bits per heavy atom. The second-order valence-electron chi connectivity index (χ2n) is 13.2.